The number of benzene rings is 1. The Hall–Kier alpha value is -1.71. The minimum absolute atomic E-state index is 0.312. The monoisotopic (exact) mass is 303 g/mol. The lowest BCUT2D eigenvalue weighted by molar-refractivity contribution is -0.132. The van der Waals surface area contributed by atoms with E-state index in [1.54, 1.807) is 14.2 Å². The highest BCUT2D eigenvalue weighted by atomic mass is 16.5. The van der Waals surface area contributed by atoms with Gasteiger partial charge in [0.25, 0.3) is 0 Å². The van der Waals surface area contributed by atoms with Crippen LogP contribution in [0.15, 0.2) is 12.1 Å². The van der Waals surface area contributed by atoms with E-state index in [1.807, 2.05) is 4.90 Å². The van der Waals surface area contributed by atoms with Gasteiger partial charge in [-0.15, -0.1) is 0 Å². The maximum absolute atomic E-state index is 12.5. The van der Waals surface area contributed by atoms with Gasteiger partial charge in [0, 0.05) is 19.5 Å². The summed E-state index contributed by atoms with van der Waals surface area (Å²) in [5.74, 6) is 2.18. The Bertz CT molecular complexity index is 550. The second-order valence-electron chi connectivity index (χ2n) is 6.29. The van der Waals surface area contributed by atoms with Gasteiger partial charge in [0.1, 0.15) is 0 Å². The topological polar surface area (TPSA) is 38.8 Å². The highest BCUT2D eigenvalue weighted by Crippen LogP contribution is 2.42. The van der Waals surface area contributed by atoms with E-state index < -0.39 is 0 Å². The summed E-state index contributed by atoms with van der Waals surface area (Å²) in [6, 6.07) is 4.13. The number of hydrogen-bond acceptors (Lipinski definition) is 3. The Balaban J connectivity index is 1.74. The normalized spacial score (nSPS) is 20.6. The lowest BCUT2D eigenvalue weighted by Crippen LogP contribution is -2.36. The predicted octanol–water partition coefficient (Wildman–Crippen LogP) is 3.14. The molecule has 120 valence electrons. The number of carbonyl (C=O) groups excluding carboxylic acids is 1. The Labute approximate surface area is 132 Å². The van der Waals surface area contributed by atoms with Crippen LogP contribution < -0.4 is 9.47 Å². The second-order valence-corrected chi connectivity index (χ2v) is 6.29. The van der Waals surface area contributed by atoms with E-state index in [9.17, 15) is 4.79 Å². The van der Waals surface area contributed by atoms with Crippen LogP contribution in [-0.4, -0.2) is 38.1 Å². The number of nitrogens with zero attached hydrogens (tertiary/aromatic N) is 1. The van der Waals surface area contributed by atoms with Crippen LogP contribution in [0.1, 0.15) is 49.1 Å². The molecular formula is C18H25NO3. The van der Waals surface area contributed by atoms with E-state index in [-0.39, 0.29) is 0 Å². The second kappa shape index (κ2) is 6.59. The first-order chi connectivity index (χ1) is 10.7. The molecule has 2 aliphatic rings. The van der Waals surface area contributed by atoms with Crippen molar-refractivity contribution >= 4 is 5.91 Å². The van der Waals surface area contributed by atoms with Crippen molar-refractivity contribution in [1.29, 1.82) is 0 Å². The Morgan fingerprint density at radius 3 is 2.50 bits per heavy atom. The van der Waals surface area contributed by atoms with E-state index in [0.717, 1.165) is 50.3 Å². The Kier molecular flexibility index (Phi) is 4.55. The number of aryl methyl sites for hydroxylation is 1. The van der Waals surface area contributed by atoms with Crippen molar-refractivity contribution in [3.8, 4) is 11.5 Å². The van der Waals surface area contributed by atoms with Crippen molar-refractivity contribution < 1.29 is 14.3 Å². The maximum atomic E-state index is 12.5. The number of amides is 1. The van der Waals surface area contributed by atoms with Gasteiger partial charge in [-0.05, 0) is 61.3 Å². The van der Waals surface area contributed by atoms with Crippen LogP contribution in [0, 0.1) is 0 Å². The van der Waals surface area contributed by atoms with E-state index in [4.69, 9.17) is 9.47 Å². The number of piperidine rings is 1. The molecule has 0 aromatic heterocycles. The van der Waals surface area contributed by atoms with E-state index in [1.165, 1.54) is 17.5 Å². The van der Waals surface area contributed by atoms with Gasteiger partial charge < -0.3 is 14.4 Å². The van der Waals surface area contributed by atoms with Crippen molar-refractivity contribution in [1.82, 2.24) is 4.90 Å². The van der Waals surface area contributed by atoms with Crippen LogP contribution in [-0.2, 0) is 11.2 Å². The summed E-state index contributed by atoms with van der Waals surface area (Å²) in [5.41, 5.74) is 2.57. The van der Waals surface area contributed by atoms with Gasteiger partial charge >= 0.3 is 0 Å². The van der Waals surface area contributed by atoms with E-state index in [0.29, 0.717) is 18.2 Å². The zero-order chi connectivity index (χ0) is 15.5. The van der Waals surface area contributed by atoms with Crippen LogP contribution in [0.3, 0.4) is 0 Å². The first-order valence-electron chi connectivity index (χ1n) is 8.25. The smallest absolute Gasteiger partial charge is 0.223 e. The molecule has 1 fully saturated rings. The average molecular weight is 303 g/mol. The van der Waals surface area contributed by atoms with Gasteiger partial charge in [0.2, 0.25) is 5.91 Å². The Morgan fingerprint density at radius 2 is 1.82 bits per heavy atom. The molecule has 4 heteroatoms. The van der Waals surface area contributed by atoms with Crippen LogP contribution in [0.4, 0.5) is 0 Å². The predicted molar refractivity (Wildman–Crippen MR) is 85.7 cm³/mol. The van der Waals surface area contributed by atoms with Crippen molar-refractivity contribution in [2.45, 2.75) is 44.4 Å². The van der Waals surface area contributed by atoms with Crippen molar-refractivity contribution in [3.05, 3.63) is 23.3 Å². The molecule has 1 aromatic carbocycles. The van der Waals surface area contributed by atoms with Gasteiger partial charge in [-0.3, -0.25) is 4.79 Å². The van der Waals surface area contributed by atoms with E-state index in [2.05, 4.69) is 12.1 Å². The fourth-order valence-electron chi connectivity index (χ4n) is 3.71. The summed E-state index contributed by atoms with van der Waals surface area (Å²) in [4.78, 5) is 14.6. The third kappa shape index (κ3) is 2.92. The molecular weight excluding hydrogens is 278 g/mol. The molecule has 1 aromatic rings. The molecule has 22 heavy (non-hydrogen) atoms. The summed E-state index contributed by atoms with van der Waals surface area (Å²) in [6.45, 7) is 1.87. The molecule has 4 nitrogen and oxygen atoms in total. The fourth-order valence-corrected chi connectivity index (χ4v) is 3.71. The molecule has 1 heterocycles. The molecule has 0 saturated carbocycles. The highest BCUT2D eigenvalue weighted by molar-refractivity contribution is 5.77. The molecule has 1 amide bonds. The zero-order valence-electron chi connectivity index (χ0n) is 13.6. The summed E-state index contributed by atoms with van der Waals surface area (Å²) in [6.07, 6.45) is 6.25. The molecule has 0 bridgehead atoms. The van der Waals surface area contributed by atoms with Crippen LogP contribution in [0.25, 0.3) is 0 Å². The zero-order valence-corrected chi connectivity index (χ0v) is 13.6. The van der Waals surface area contributed by atoms with Crippen molar-refractivity contribution in [3.63, 3.8) is 0 Å². The van der Waals surface area contributed by atoms with Crippen LogP contribution >= 0.6 is 0 Å². The molecule has 0 N–H and O–H groups in total. The molecule has 0 spiro atoms. The number of rotatable bonds is 4. The quantitative estimate of drug-likeness (QED) is 0.858. The highest BCUT2D eigenvalue weighted by Gasteiger charge is 2.28. The van der Waals surface area contributed by atoms with Gasteiger partial charge in [-0.25, -0.2) is 0 Å². The fraction of sp³-hybridized carbons (Fsp3) is 0.611. The first kappa shape index (κ1) is 15.2. The Morgan fingerprint density at radius 1 is 1.14 bits per heavy atom. The molecule has 1 unspecified atom stereocenters. The van der Waals surface area contributed by atoms with Gasteiger partial charge in [-0.1, -0.05) is 0 Å². The first-order valence-corrected chi connectivity index (χ1v) is 8.25. The van der Waals surface area contributed by atoms with Gasteiger partial charge in [-0.2, -0.15) is 0 Å². The standard InChI is InChI=1S/C18H25NO3/c1-21-16-10-13-6-7-14(15(13)12-17(16)22-2)11-18(20)19-8-4-3-5-9-19/h10,12,14H,3-9,11H2,1-2H3. The lowest BCUT2D eigenvalue weighted by Gasteiger charge is -2.28. The molecule has 1 saturated heterocycles. The largest absolute Gasteiger partial charge is 0.493 e. The number of ether oxygens (including phenoxy) is 2. The van der Waals surface area contributed by atoms with E-state index >= 15 is 0 Å². The molecule has 3 rings (SSSR count). The molecule has 0 radical (unpaired) electrons. The molecule has 1 atom stereocenters. The number of hydrogen-bond donors (Lipinski definition) is 0. The van der Waals surface area contributed by atoms with Gasteiger partial charge in [0.15, 0.2) is 11.5 Å². The van der Waals surface area contributed by atoms with Crippen molar-refractivity contribution in [2.24, 2.45) is 0 Å². The average Bonchev–Trinajstić information content (AvgIpc) is 2.96. The van der Waals surface area contributed by atoms with Gasteiger partial charge in [0.05, 0.1) is 14.2 Å². The van der Waals surface area contributed by atoms with Crippen LogP contribution in [0.2, 0.25) is 0 Å². The summed E-state index contributed by atoms with van der Waals surface area (Å²) < 4.78 is 10.8. The summed E-state index contributed by atoms with van der Waals surface area (Å²) in [5, 5.41) is 0. The number of carbonyl (C=O) groups is 1. The maximum Gasteiger partial charge on any atom is 0.223 e. The SMILES string of the molecule is COc1cc2c(cc1OC)C(CC(=O)N1CCCCC1)CC2. The summed E-state index contributed by atoms with van der Waals surface area (Å²) >= 11 is 0. The van der Waals surface area contributed by atoms with Crippen molar-refractivity contribution in [2.75, 3.05) is 27.3 Å². The minimum Gasteiger partial charge on any atom is -0.493 e. The number of likely N-dealkylation sites (tertiary alicyclic amines) is 1. The third-order valence-corrected chi connectivity index (χ3v) is 4.98. The molecule has 1 aliphatic heterocycles. The minimum atomic E-state index is 0.312. The number of methoxy groups -OCH3 is 2. The molecule has 1 aliphatic carbocycles. The summed E-state index contributed by atoms with van der Waals surface area (Å²) in [7, 11) is 3.32. The van der Waals surface area contributed by atoms with Crippen LogP contribution in [0.5, 0.6) is 11.5 Å². The third-order valence-electron chi connectivity index (χ3n) is 4.98. The number of fused-ring (bicyclic) bond motifs is 1. The lowest BCUT2D eigenvalue weighted by atomic mass is 9.96.